The lowest BCUT2D eigenvalue weighted by Crippen LogP contribution is -2.34. The zero-order valence-corrected chi connectivity index (χ0v) is 11.3. The van der Waals surface area contributed by atoms with Crippen molar-refractivity contribution >= 4 is 17.3 Å². The van der Waals surface area contributed by atoms with Gasteiger partial charge in [0.1, 0.15) is 6.54 Å². The molecule has 0 fully saturated rings. The van der Waals surface area contributed by atoms with E-state index in [-0.39, 0.29) is 30.1 Å². The smallest absolute Gasteiger partial charge is 0.405 e. The number of benzene rings is 1. The molecule has 20 heavy (non-hydrogen) atoms. The fourth-order valence-corrected chi connectivity index (χ4v) is 1.73. The Morgan fingerprint density at radius 3 is 2.50 bits per heavy atom. The maximum absolute atomic E-state index is 12.5. The minimum absolute atomic E-state index is 0.0741. The molecule has 0 saturated heterocycles. The molecule has 7 heteroatoms. The largest absolute Gasteiger partial charge is 0.462 e. The van der Waals surface area contributed by atoms with Gasteiger partial charge in [-0.2, -0.15) is 13.2 Å². The van der Waals surface area contributed by atoms with E-state index >= 15 is 0 Å². The van der Waals surface area contributed by atoms with Crippen LogP contribution in [0.2, 0.25) is 0 Å². The first-order chi connectivity index (χ1) is 9.28. The number of carbonyl (C=O) groups excluding carboxylic acids is 1. The van der Waals surface area contributed by atoms with Crippen LogP contribution >= 0.6 is 0 Å². The van der Waals surface area contributed by atoms with Crippen molar-refractivity contribution in [1.82, 2.24) is 0 Å². The van der Waals surface area contributed by atoms with Gasteiger partial charge < -0.3 is 15.4 Å². The van der Waals surface area contributed by atoms with Crippen LogP contribution in [0.25, 0.3) is 0 Å². The second-order valence-corrected chi connectivity index (χ2v) is 4.12. The van der Waals surface area contributed by atoms with Gasteiger partial charge in [0.25, 0.3) is 0 Å². The van der Waals surface area contributed by atoms with Crippen LogP contribution in [-0.2, 0) is 4.74 Å². The van der Waals surface area contributed by atoms with Crippen LogP contribution in [0.1, 0.15) is 24.2 Å². The van der Waals surface area contributed by atoms with Gasteiger partial charge in [0.05, 0.1) is 12.2 Å². The number of esters is 1. The van der Waals surface area contributed by atoms with Gasteiger partial charge in [-0.3, -0.25) is 0 Å². The molecule has 0 aliphatic rings. The lowest BCUT2D eigenvalue weighted by atomic mass is 10.1. The number of hydrogen-bond donors (Lipinski definition) is 1. The van der Waals surface area contributed by atoms with Crippen LogP contribution < -0.4 is 10.6 Å². The van der Waals surface area contributed by atoms with Crippen molar-refractivity contribution in [2.24, 2.45) is 0 Å². The molecular weight excluding hydrogens is 273 g/mol. The van der Waals surface area contributed by atoms with Crippen LogP contribution in [0.5, 0.6) is 0 Å². The molecule has 0 bridgehead atoms. The SMILES string of the molecule is CCOC(=O)c1cc(N(CC)CC(F)(F)F)ccc1N. The van der Waals surface area contributed by atoms with E-state index in [0.29, 0.717) is 0 Å². The molecule has 1 aromatic rings. The van der Waals surface area contributed by atoms with Gasteiger partial charge in [0, 0.05) is 17.9 Å². The zero-order chi connectivity index (χ0) is 15.3. The fraction of sp³-hybridized carbons (Fsp3) is 0.462. The predicted molar refractivity (Wildman–Crippen MR) is 70.8 cm³/mol. The Labute approximate surface area is 115 Å². The third kappa shape index (κ3) is 4.32. The first-order valence-corrected chi connectivity index (χ1v) is 6.16. The van der Waals surface area contributed by atoms with E-state index in [1.165, 1.54) is 18.2 Å². The summed E-state index contributed by atoms with van der Waals surface area (Å²) in [7, 11) is 0. The van der Waals surface area contributed by atoms with Crippen molar-refractivity contribution in [2.75, 3.05) is 30.3 Å². The minimum atomic E-state index is -4.32. The van der Waals surface area contributed by atoms with Crippen molar-refractivity contribution in [1.29, 1.82) is 0 Å². The first-order valence-electron chi connectivity index (χ1n) is 6.16. The van der Waals surface area contributed by atoms with Crippen LogP contribution in [0, 0.1) is 0 Å². The predicted octanol–water partition coefficient (Wildman–Crippen LogP) is 2.83. The molecule has 0 aliphatic heterocycles. The molecule has 0 saturated carbocycles. The number of rotatable bonds is 5. The second-order valence-electron chi connectivity index (χ2n) is 4.12. The Morgan fingerprint density at radius 2 is 2.00 bits per heavy atom. The molecule has 0 amide bonds. The summed E-state index contributed by atoms with van der Waals surface area (Å²) >= 11 is 0. The molecule has 0 spiro atoms. The van der Waals surface area contributed by atoms with E-state index in [1.54, 1.807) is 13.8 Å². The van der Waals surface area contributed by atoms with Crippen molar-refractivity contribution in [2.45, 2.75) is 20.0 Å². The van der Waals surface area contributed by atoms with E-state index in [0.717, 1.165) is 4.90 Å². The van der Waals surface area contributed by atoms with E-state index in [2.05, 4.69) is 0 Å². The standard InChI is InChI=1S/C13H17F3N2O2/c1-3-18(8-13(14,15)16)9-5-6-11(17)10(7-9)12(19)20-4-2/h5-7H,3-4,8,17H2,1-2H3. The third-order valence-electron chi connectivity index (χ3n) is 2.65. The first kappa shape index (κ1) is 16.1. The summed E-state index contributed by atoms with van der Waals surface area (Å²) in [6, 6.07) is 4.18. The molecule has 0 aliphatic carbocycles. The molecule has 0 atom stereocenters. The van der Waals surface area contributed by atoms with Gasteiger partial charge >= 0.3 is 12.1 Å². The number of nitrogens with zero attached hydrogens (tertiary/aromatic N) is 1. The van der Waals surface area contributed by atoms with Gasteiger partial charge in [-0.15, -0.1) is 0 Å². The number of halogens is 3. The highest BCUT2D eigenvalue weighted by Crippen LogP contribution is 2.25. The number of anilines is 2. The Hall–Kier alpha value is -1.92. The lowest BCUT2D eigenvalue weighted by Gasteiger charge is -2.25. The molecule has 0 aromatic heterocycles. The molecule has 2 N–H and O–H groups in total. The summed E-state index contributed by atoms with van der Waals surface area (Å²) in [6.45, 7) is 2.48. The number of alkyl halides is 3. The molecule has 0 heterocycles. The Kier molecular flexibility index (Phi) is 5.24. The van der Waals surface area contributed by atoms with E-state index in [9.17, 15) is 18.0 Å². The maximum atomic E-state index is 12.5. The summed E-state index contributed by atoms with van der Waals surface area (Å²) in [4.78, 5) is 12.8. The van der Waals surface area contributed by atoms with Crippen molar-refractivity contribution in [3.63, 3.8) is 0 Å². The van der Waals surface area contributed by atoms with Crippen LogP contribution in [0.15, 0.2) is 18.2 Å². The molecule has 0 unspecified atom stereocenters. The van der Waals surface area contributed by atoms with Gasteiger partial charge in [0.15, 0.2) is 0 Å². The normalized spacial score (nSPS) is 11.2. The fourth-order valence-electron chi connectivity index (χ4n) is 1.73. The third-order valence-corrected chi connectivity index (χ3v) is 2.65. The average Bonchev–Trinajstić information content (AvgIpc) is 2.36. The summed E-state index contributed by atoms with van der Waals surface area (Å²) in [5, 5.41) is 0. The number of nitrogens with two attached hydrogens (primary N) is 1. The Balaban J connectivity index is 3.06. The van der Waals surface area contributed by atoms with E-state index in [1.807, 2.05) is 0 Å². The van der Waals surface area contributed by atoms with Crippen molar-refractivity contribution in [3.05, 3.63) is 23.8 Å². The maximum Gasteiger partial charge on any atom is 0.405 e. The van der Waals surface area contributed by atoms with Crippen LogP contribution in [0.4, 0.5) is 24.5 Å². The van der Waals surface area contributed by atoms with E-state index in [4.69, 9.17) is 10.5 Å². The topological polar surface area (TPSA) is 55.6 Å². The van der Waals surface area contributed by atoms with Crippen LogP contribution in [-0.4, -0.2) is 31.8 Å². The monoisotopic (exact) mass is 290 g/mol. The second kappa shape index (κ2) is 6.49. The summed E-state index contributed by atoms with van der Waals surface area (Å²) < 4.78 is 42.3. The van der Waals surface area contributed by atoms with Gasteiger partial charge in [-0.1, -0.05) is 0 Å². The van der Waals surface area contributed by atoms with E-state index < -0.39 is 18.7 Å². The Morgan fingerprint density at radius 1 is 1.35 bits per heavy atom. The van der Waals surface area contributed by atoms with Gasteiger partial charge in [-0.05, 0) is 32.0 Å². The van der Waals surface area contributed by atoms with Crippen LogP contribution in [0.3, 0.4) is 0 Å². The van der Waals surface area contributed by atoms with Gasteiger partial charge in [0.2, 0.25) is 0 Å². The highest BCUT2D eigenvalue weighted by Gasteiger charge is 2.30. The number of ether oxygens (including phenoxy) is 1. The number of hydrogen-bond acceptors (Lipinski definition) is 4. The highest BCUT2D eigenvalue weighted by atomic mass is 19.4. The molecule has 1 rings (SSSR count). The Bertz CT molecular complexity index is 475. The highest BCUT2D eigenvalue weighted by molar-refractivity contribution is 5.96. The summed E-state index contributed by atoms with van der Waals surface area (Å²) in [6.07, 6.45) is -4.32. The molecule has 4 nitrogen and oxygen atoms in total. The minimum Gasteiger partial charge on any atom is -0.462 e. The zero-order valence-electron chi connectivity index (χ0n) is 11.3. The lowest BCUT2D eigenvalue weighted by molar-refractivity contribution is -0.119. The summed E-state index contributed by atoms with van der Waals surface area (Å²) in [5.41, 5.74) is 6.18. The molecule has 1 aromatic carbocycles. The average molecular weight is 290 g/mol. The van der Waals surface area contributed by atoms with Crippen molar-refractivity contribution < 1.29 is 22.7 Å². The number of nitrogen functional groups attached to an aromatic ring is 1. The quantitative estimate of drug-likeness (QED) is 0.669. The van der Waals surface area contributed by atoms with Crippen molar-refractivity contribution in [3.8, 4) is 0 Å². The molecular formula is C13H17F3N2O2. The molecule has 0 radical (unpaired) electrons. The number of carbonyl (C=O) groups is 1. The summed E-state index contributed by atoms with van der Waals surface area (Å²) in [5.74, 6) is -0.644. The van der Waals surface area contributed by atoms with Gasteiger partial charge in [-0.25, -0.2) is 4.79 Å². The molecule has 112 valence electrons.